The summed E-state index contributed by atoms with van der Waals surface area (Å²) in [5.74, 6) is 0.437. The molecule has 5 rings (SSSR count). The Kier molecular flexibility index (Phi) is 4.82. The second-order valence-corrected chi connectivity index (χ2v) is 7.61. The molecule has 1 amide bonds. The van der Waals surface area contributed by atoms with Crippen molar-refractivity contribution in [2.45, 2.75) is 12.5 Å². The summed E-state index contributed by atoms with van der Waals surface area (Å²) in [6, 6.07) is 21.5. The number of carbonyl (C=O) groups is 2. The van der Waals surface area contributed by atoms with Crippen LogP contribution in [0.15, 0.2) is 66.7 Å². The standard InChI is InChI=1S/C25H21NO5/c1-29-17-11-10-16-13-26(14-24(27)31-23(16)12-17)25(28)30-15-22-20-8-4-2-6-18(20)19-7-3-5-9-21(19)22/h2-12,22H,13-15H2,1H3. The Morgan fingerprint density at radius 3 is 2.35 bits per heavy atom. The Balaban J connectivity index is 1.34. The minimum atomic E-state index is -0.539. The van der Waals surface area contributed by atoms with Crippen LogP contribution in [-0.2, 0) is 16.1 Å². The summed E-state index contributed by atoms with van der Waals surface area (Å²) < 4.78 is 16.3. The van der Waals surface area contributed by atoms with Crippen LogP contribution in [-0.4, -0.2) is 37.2 Å². The molecule has 1 aliphatic carbocycles. The number of amides is 1. The Morgan fingerprint density at radius 1 is 1.00 bits per heavy atom. The topological polar surface area (TPSA) is 65.1 Å². The molecular formula is C25H21NO5. The van der Waals surface area contributed by atoms with Crippen LogP contribution in [0, 0.1) is 0 Å². The van der Waals surface area contributed by atoms with Crippen molar-refractivity contribution < 1.29 is 23.8 Å². The number of ether oxygens (including phenoxy) is 3. The first-order valence-corrected chi connectivity index (χ1v) is 10.1. The van der Waals surface area contributed by atoms with E-state index in [1.165, 1.54) is 16.0 Å². The van der Waals surface area contributed by atoms with E-state index in [1.54, 1.807) is 25.3 Å². The lowest BCUT2D eigenvalue weighted by Gasteiger charge is -2.21. The van der Waals surface area contributed by atoms with Crippen molar-refractivity contribution in [3.63, 3.8) is 0 Å². The highest BCUT2D eigenvalue weighted by molar-refractivity contribution is 5.82. The van der Waals surface area contributed by atoms with Gasteiger partial charge in [-0.05, 0) is 34.4 Å². The number of methoxy groups -OCH3 is 1. The second kappa shape index (κ2) is 7.80. The average Bonchev–Trinajstić information content (AvgIpc) is 3.00. The van der Waals surface area contributed by atoms with E-state index < -0.39 is 12.1 Å². The van der Waals surface area contributed by atoms with Crippen molar-refractivity contribution in [1.82, 2.24) is 4.90 Å². The van der Waals surface area contributed by atoms with E-state index in [9.17, 15) is 9.59 Å². The highest BCUT2D eigenvalue weighted by Crippen LogP contribution is 2.44. The zero-order valence-electron chi connectivity index (χ0n) is 17.0. The molecule has 2 aliphatic rings. The second-order valence-electron chi connectivity index (χ2n) is 7.61. The lowest BCUT2D eigenvalue weighted by molar-refractivity contribution is -0.134. The molecule has 3 aromatic rings. The first-order chi connectivity index (χ1) is 15.1. The van der Waals surface area contributed by atoms with Gasteiger partial charge in [0.15, 0.2) is 0 Å². The zero-order chi connectivity index (χ0) is 21.4. The number of carbonyl (C=O) groups excluding carboxylic acids is 2. The number of hydrogen-bond acceptors (Lipinski definition) is 5. The van der Waals surface area contributed by atoms with Gasteiger partial charge in [-0.25, -0.2) is 9.59 Å². The van der Waals surface area contributed by atoms with Crippen molar-refractivity contribution >= 4 is 12.1 Å². The summed E-state index contributed by atoms with van der Waals surface area (Å²) in [6.45, 7) is 0.253. The van der Waals surface area contributed by atoms with E-state index in [0.717, 1.165) is 16.7 Å². The summed E-state index contributed by atoms with van der Waals surface area (Å²) in [5, 5.41) is 0. The molecule has 0 unspecified atom stereocenters. The van der Waals surface area contributed by atoms with Gasteiger partial charge in [0.05, 0.1) is 13.7 Å². The van der Waals surface area contributed by atoms with Crippen molar-refractivity contribution in [2.24, 2.45) is 0 Å². The molecular weight excluding hydrogens is 394 g/mol. The van der Waals surface area contributed by atoms with Crippen LogP contribution in [0.5, 0.6) is 11.5 Å². The van der Waals surface area contributed by atoms with E-state index in [-0.39, 0.29) is 25.6 Å². The van der Waals surface area contributed by atoms with Gasteiger partial charge in [-0.15, -0.1) is 0 Å². The normalized spacial score (nSPS) is 14.7. The summed E-state index contributed by atoms with van der Waals surface area (Å²) in [6.07, 6.45) is -0.539. The average molecular weight is 415 g/mol. The van der Waals surface area contributed by atoms with Gasteiger partial charge in [-0.3, -0.25) is 4.90 Å². The molecule has 0 bridgehead atoms. The highest BCUT2D eigenvalue weighted by atomic mass is 16.6. The smallest absolute Gasteiger partial charge is 0.410 e. The third kappa shape index (κ3) is 3.50. The first-order valence-electron chi connectivity index (χ1n) is 10.1. The highest BCUT2D eigenvalue weighted by Gasteiger charge is 2.31. The maximum absolute atomic E-state index is 12.9. The quantitative estimate of drug-likeness (QED) is 0.470. The third-order valence-corrected chi connectivity index (χ3v) is 5.77. The molecule has 1 aliphatic heterocycles. The van der Waals surface area contributed by atoms with Gasteiger partial charge in [0.1, 0.15) is 24.7 Å². The predicted octanol–water partition coefficient (Wildman–Crippen LogP) is 4.37. The van der Waals surface area contributed by atoms with Crippen LogP contribution in [0.4, 0.5) is 4.79 Å². The Bertz CT molecular complexity index is 1130. The van der Waals surface area contributed by atoms with Gasteiger partial charge >= 0.3 is 12.1 Å². The molecule has 0 radical (unpaired) electrons. The molecule has 0 atom stereocenters. The van der Waals surface area contributed by atoms with E-state index in [1.807, 2.05) is 24.3 Å². The van der Waals surface area contributed by atoms with Crippen molar-refractivity contribution in [1.29, 1.82) is 0 Å². The molecule has 156 valence electrons. The Labute approximate surface area is 180 Å². The number of benzene rings is 3. The number of nitrogens with zero attached hydrogens (tertiary/aromatic N) is 1. The van der Waals surface area contributed by atoms with Gasteiger partial charge in [0.25, 0.3) is 0 Å². The first kappa shape index (κ1) is 19.2. The lowest BCUT2D eigenvalue weighted by Crippen LogP contribution is -2.36. The van der Waals surface area contributed by atoms with Crippen LogP contribution >= 0.6 is 0 Å². The van der Waals surface area contributed by atoms with Crippen LogP contribution in [0.25, 0.3) is 11.1 Å². The van der Waals surface area contributed by atoms with Gasteiger partial charge in [-0.1, -0.05) is 48.5 Å². The summed E-state index contributed by atoms with van der Waals surface area (Å²) >= 11 is 0. The molecule has 0 fully saturated rings. The van der Waals surface area contributed by atoms with Crippen molar-refractivity contribution in [2.75, 3.05) is 20.3 Å². The molecule has 0 saturated heterocycles. The monoisotopic (exact) mass is 415 g/mol. The summed E-state index contributed by atoms with van der Waals surface area (Å²) in [5.41, 5.74) is 5.34. The molecule has 31 heavy (non-hydrogen) atoms. The molecule has 0 aromatic heterocycles. The van der Waals surface area contributed by atoms with Crippen LogP contribution in [0.1, 0.15) is 22.6 Å². The minimum Gasteiger partial charge on any atom is -0.497 e. The number of rotatable bonds is 3. The van der Waals surface area contributed by atoms with Crippen molar-refractivity contribution in [3.05, 3.63) is 83.4 Å². The van der Waals surface area contributed by atoms with Crippen LogP contribution in [0.3, 0.4) is 0 Å². The fourth-order valence-corrected chi connectivity index (χ4v) is 4.27. The van der Waals surface area contributed by atoms with Crippen LogP contribution in [0.2, 0.25) is 0 Å². The fraction of sp³-hybridized carbons (Fsp3) is 0.200. The van der Waals surface area contributed by atoms with E-state index in [2.05, 4.69) is 24.3 Å². The lowest BCUT2D eigenvalue weighted by atomic mass is 9.98. The molecule has 0 N–H and O–H groups in total. The van der Waals surface area contributed by atoms with E-state index in [4.69, 9.17) is 14.2 Å². The SMILES string of the molecule is COc1ccc2c(c1)OC(=O)CN(C(=O)OCC1c3ccccc3-c3ccccc31)C2. The number of esters is 1. The van der Waals surface area contributed by atoms with Gasteiger partial charge < -0.3 is 14.2 Å². The zero-order valence-corrected chi connectivity index (χ0v) is 17.0. The number of hydrogen-bond donors (Lipinski definition) is 0. The van der Waals surface area contributed by atoms with Crippen molar-refractivity contribution in [3.8, 4) is 22.6 Å². The van der Waals surface area contributed by atoms with Gasteiger partial charge in [0.2, 0.25) is 0 Å². The molecule has 0 saturated carbocycles. The molecule has 1 heterocycles. The molecule has 3 aromatic carbocycles. The fourth-order valence-electron chi connectivity index (χ4n) is 4.27. The Hall–Kier alpha value is -3.80. The summed E-state index contributed by atoms with van der Waals surface area (Å²) in [7, 11) is 1.54. The largest absolute Gasteiger partial charge is 0.497 e. The minimum absolute atomic E-state index is 0.0353. The summed E-state index contributed by atoms with van der Waals surface area (Å²) in [4.78, 5) is 26.5. The molecule has 0 spiro atoms. The van der Waals surface area contributed by atoms with E-state index in [0.29, 0.717) is 11.5 Å². The van der Waals surface area contributed by atoms with Gasteiger partial charge in [-0.2, -0.15) is 0 Å². The number of fused-ring (bicyclic) bond motifs is 4. The van der Waals surface area contributed by atoms with Crippen LogP contribution < -0.4 is 9.47 Å². The maximum atomic E-state index is 12.9. The maximum Gasteiger partial charge on any atom is 0.410 e. The molecule has 6 nitrogen and oxygen atoms in total. The predicted molar refractivity (Wildman–Crippen MR) is 114 cm³/mol. The Morgan fingerprint density at radius 2 is 1.68 bits per heavy atom. The third-order valence-electron chi connectivity index (χ3n) is 5.77. The van der Waals surface area contributed by atoms with Gasteiger partial charge in [0, 0.05) is 17.5 Å². The molecule has 6 heteroatoms. The van der Waals surface area contributed by atoms with E-state index >= 15 is 0 Å².